The largest absolute Gasteiger partial charge is 0.459 e. The highest BCUT2D eigenvalue weighted by molar-refractivity contribution is 7.13. The standard InChI is InChI=1S/C21H19NO4S/c23-18(16-7-6-14-3-1-4-15(14)11-16)8-9-21(24)25-13-17-12-19(26-22-17)20-5-2-10-27-20/h2,5-7,10-12H,1,3-4,8-9,13H2. The highest BCUT2D eigenvalue weighted by Gasteiger charge is 2.16. The van der Waals surface area contributed by atoms with Crippen LogP contribution >= 0.6 is 11.3 Å². The van der Waals surface area contributed by atoms with E-state index in [0.717, 1.165) is 24.1 Å². The number of thiophene rings is 1. The molecule has 5 nitrogen and oxygen atoms in total. The van der Waals surface area contributed by atoms with Crippen LogP contribution in [0.1, 0.15) is 46.4 Å². The van der Waals surface area contributed by atoms with E-state index >= 15 is 0 Å². The van der Waals surface area contributed by atoms with E-state index in [4.69, 9.17) is 9.26 Å². The van der Waals surface area contributed by atoms with Crippen LogP contribution in [0.5, 0.6) is 0 Å². The van der Waals surface area contributed by atoms with Crippen molar-refractivity contribution in [3.8, 4) is 10.6 Å². The molecular weight excluding hydrogens is 362 g/mol. The Morgan fingerprint density at radius 3 is 2.85 bits per heavy atom. The van der Waals surface area contributed by atoms with Gasteiger partial charge in [0.2, 0.25) is 0 Å². The van der Waals surface area contributed by atoms with E-state index in [1.165, 1.54) is 11.1 Å². The molecule has 1 aromatic carbocycles. The molecule has 0 saturated heterocycles. The van der Waals surface area contributed by atoms with Crippen molar-refractivity contribution in [2.75, 3.05) is 0 Å². The summed E-state index contributed by atoms with van der Waals surface area (Å²) in [5.74, 6) is 0.219. The first-order chi connectivity index (χ1) is 13.2. The minimum atomic E-state index is -0.412. The molecule has 1 aliphatic rings. The summed E-state index contributed by atoms with van der Waals surface area (Å²) in [6.07, 6.45) is 3.48. The average Bonchev–Trinajstić information content (AvgIpc) is 3.44. The van der Waals surface area contributed by atoms with Crippen LogP contribution in [0.15, 0.2) is 46.3 Å². The maximum absolute atomic E-state index is 12.3. The molecule has 0 unspecified atom stereocenters. The van der Waals surface area contributed by atoms with Crippen molar-refractivity contribution in [3.05, 3.63) is 64.2 Å². The number of hydrogen-bond donors (Lipinski definition) is 0. The lowest BCUT2D eigenvalue weighted by atomic mass is 10.0. The second-order valence-corrected chi connectivity index (χ2v) is 7.53. The number of ketones is 1. The van der Waals surface area contributed by atoms with E-state index in [1.807, 2.05) is 35.7 Å². The molecule has 0 spiro atoms. The molecule has 27 heavy (non-hydrogen) atoms. The first-order valence-corrected chi connectivity index (χ1v) is 9.87. The molecule has 0 aliphatic heterocycles. The van der Waals surface area contributed by atoms with Gasteiger partial charge in [0.05, 0.1) is 11.3 Å². The van der Waals surface area contributed by atoms with Crippen LogP contribution in [-0.2, 0) is 29.0 Å². The Kier molecular flexibility index (Phi) is 5.16. The molecule has 138 valence electrons. The van der Waals surface area contributed by atoms with Crippen molar-refractivity contribution in [3.63, 3.8) is 0 Å². The van der Waals surface area contributed by atoms with Crippen LogP contribution in [0.3, 0.4) is 0 Å². The predicted octanol–water partition coefficient (Wildman–Crippen LogP) is 4.60. The van der Waals surface area contributed by atoms with E-state index in [-0.39, 0.29) is 25.2 Å². The van der Waals surface area contributed by atoms with Crippen LogP contribution in [0.4, 0.5) is 0 Å². The number of hydrogen-bond acceptors (Lipinski definition) is 6. The molecule has 0 fully saturated rings. The highest BCUT2D eigenvalue weighted by Crippen LogP contribution is 2.25. The molecule has 0 bridgehead atoms. The monoisotopic (exact) mass is 381 g/mol. The summed E-state index contributed by atoms with van der Waals surface area (Å²) in [6.45, 7) is 0.0424. The minimum absolute atomic E-state index is 0.0249. The third-order valence-corrected chi connectivity index (χ3v) is 5.57. The van der Waals surface area contributed by atoms with Gasteiger partial charge in [-0.1, -0.05) is 23.4 Å². The van der Waals surface area contributed by atoms with Crippen LogP contribution in [0.25, 0.3) is 10.6 Å². The maximum Gasteiger partial charge on any atom is 0.306 e. The van der Waals surface area contributed by atoms with E-state index in [0.29, 0.717) is 17.0 Å². The third-order valence-electron chi connectivity index (χ3n) is 4.68. The maximum atomic E-state index is 12.3. The highest BCUT2D eigenvalue weighted by atomic mass is 32.1. The normalized spacial score (nSPS) is 12.7. The molecule has 0 saturated carbocycles. The van der Waals surface area contributed by atoms with E-state index in [2.05, 4.69) is 5.16 Å². The van der Waals surface area contributed by atoms with Crippen LogP contribution in [-0.4, -0.2) is 16.9 Å². The molecule has 4 rings (SSSR count). The zero-order valence-electron chi connectivity index (χ0n) is 14.8. The van der Waals surface area contributed by atoms with Gasteiger partial charge >= 0.3 is 5.97 Å². The molecule has 3 aromatic rings. The van der Waals surface area contributed by atoms with Crippen molar-refractivity contribution in [1.82, 2.24) is 5.16 Å². The lowest BCUT2D eigenvalue weighted by Crippen LogP contribution is -2.08. The summed E-state index contributed by atoms with van der Waals surface area (Å²) in [5.41, 5.74) is 3.83. The van der Waals surface area contributed by atoms with Gasteiger partial charge in [-0.25, -0.2) is 0 Å². The van der Waals surface area contributed by atoms with Gasteiger partial charge in [0.15, 0.2) is 11.5 Å². The second-order valence-electron chi connectivity index (χ2n) is 6.58. The number of ether oxygens (including phenoxy) is 1. The number of aromatic nitrogens is 1. The summed E-state index contributed by atoms with van der Waals surface area (Å²) in [7, 11) is 0. The number of carbonyl (C=O) groups is 2. The molecule has 0 amide bonds. The van der Waals surface area contributed by atoms with E-state index in [9.17, 15) is 9.59 Å². The Bertz CT molecular complexity index is 958. The number of Topliss-reactive ketones (excluding diaryl/α,β-unsaturated/α-hetero) is 1. The number of aryl methyl sites for hydroxylation is 2. The van der Waals surface area contributed by atoms with Crippen LogP contribution in [0, 0.1) is 0 Å². The Balaban J connectivity index is 1.25. The van der Waals surface area contributed by atoms with Crippen molar-refractivity contribution >= 4 is 23.1 Å². The summed E-state index contributed by atoms with van der Waals surface area (Å²) in [4.78, 5) is 25.2. The molecule has 2 aromatic heterocycles. The van der Waals surface area contributed by atoms with Gasteiger partial charge in [0.1, 0.15) is 12.3 Å². The molecule has 6 heteroatoms. The van der Waals surface area contributed by atoms with Crippen molar-refractivity contribution < 1.29 is 18.8 Å². The summed E-state index contributed by atoms with van der Waals surface area (Å²) >= 11 is 1.55. The lowest BCUT2D eigenvalue weighted by molar-refractivity contribution is -0.145. The zero-order chi connectivity index (χ0) is 18.6. The number of fused-ring (bicyclic) bond motifs is 1. The van der Waals surface area contributed by atoms with Gasteiger partial charge in [0.25, 0.3) is 0 Å². The number of esters is 1. The van der Waals surface area contributed by atoms with Crippen molar-refractivity contribution in [2.45, 2.75) is 38.7 Å². The number of nitrogens with zero attached hydrogens (tertiary/aromatic N) is 1. The van der Waals surface area contributed by atoms with Crippen molar-refractivity contribution in [2.24, 2.45) is 0 Å². The molecule has 2 heterocycles. The van der Waals surface area contributed by atoms with Gasteiger partial charge in [-0.3, -0.25) is 9.59 Å². The van der Waals surface area contributed by atoms with Gasteiger partial charge < -0.3 is 9.26 Å². The molecule has 0 atom stereocenters. The second kappa shape index (κ2) is 7.88. The number of rotatable bonds is 7. The smallest absolute Gasteiger partial charge is 0.306 e. The molecule has 0 radical (unpaired) electrons. The van der Waals surface area contributed by atoms with Gasteiger partial charge in [-0.05, 0) is 47.9 Å². The fraction of sp³-hybridized carbons (Fsp3) is 0.286. The SMILES string of the molecule is O=C(CCC(=O)c1ccc2c(c1)CCC2)OCc1cc(-c2cccs2)on1. The van der Waals surface area contributed by atoms with Crippen molar-refractivity contribution in [1.29, 1.82) is 0 Å². The minimum Gasteiger partial charge on any atom is -0.459 e. The van der Waals surface area contributed by atoms with E-state index < -0.39 is 5.97 Å². The summed E-state index contributed by atoms with van der Waals surface area (Å²) < 4.78 is 10.5. The quantitative estimate of drug-likeness (QED) is 0.442. The first-order valence-electron chi connectivity index (χ1n) is 8.99. The van der Waals surface area contributed by atoms with Crippen LogP contribution < -0.4 is 0 Å². The van der Waals surface area contributed by atoms with Gasteiger partial charge in [-0.15, -0.1) is 11.3 Å². The summed E-state index contributed by atoms with van der Waals surface area (Å²) in [6, 6.07) is 11.5. The van der Waals surface area contributed by atoms with Crippen LogP contribution in [0.2, 0.25) is 0 Å². The Morgan fingerprint density at radius 2 is 2.00 bits per heavy atom. The van der Waals surface area contributed by atoms with E-state index in [1.54, 1.807) is 17.4 Å². The lowest BCUT2D eigenvalue weighted by Gasteiger charge is -2.05. The Labute approximate surface area is 161 Å². The molecule has 0 N–H and O–H groups in total. The number of benzene rings is 1. The Hall–Kier alpha value is -2.73. The van der Waals surface area contributed by atoms with Gasteiger partial charge in [0, 0.05) is 18.1 Å². The average molecular weight is 381 g/mol. The summed E-state index contributed by atoms with van der Waals surface area (Å²) in [5, 5.41) is 5.86. The number of carbonyl (C=O) groups excluding carboxylic acids is 2. The third kappa shape index (κ3) is 4.17. The fourth-order valence-corrected chi connectivity index (χ4v) is 3.92. The fourth-order valence-electron chi connectivity index (χ4n) is 3.25. The predicted molar refractivity (Wildman–Crippen MR) is 102 cm³/mol. The van der Waals surface area contributed by atoms with Gasteiger partial charge in [-0.2, -0.15) is 0 Å². The molecule has 1 aliphatic carbocycles. The molecular formula is C21H19NO4S. The first kappa shape index (κ1) is 17.7. The Morgan fingerprint density at radius 1 is 1.11 bits per heavy atom. The zero-order valence-corrected chi connectivity index (χ0v) is 15.6. The topological polar surface area (TPSA) is 69.4 Å².